The molecule has 2 aromatic rings. The lowest BCUT2D eigenvalue weighted by Gasteiger charge is -2.41. The van der Waals surface area contributed by atoms with Gasteiger partial charge in [-0.3, -0.25) is 0 Å². The number of pyridine rings is 1. The Morgan fingerprint density at radius 1 is 1.28 bits per heavy atom. The van der Waals surface area contributed by atoms with Crippen molar-refractivity contribution in [3.63, 3.8) is 0 Å². The van der Waals surface area contributed by atoms with Crippen molar-refractivity contribution in [3.05, 3.63) is 24.2 Å². The number of ether oxygens (including phenoxy) is 3. The van der Waals surface area contributed by atoms with E-state index in [2.05, 4.69) is 21.7 Å². The highest BCUT2D eigenvalue weighted by atomic mass is 32.2. The number of rotatable bonds is 5. The van der Waals surface area contributed by atoms with Gasteiger partial charge in [0.1, 0.15) is 17.3 Å². The Labute approximate surface area is 215 Å². The normalized spacial score (nSPS) is 28.8. The number of anilines is 2. The van der Waals surface area contributed by atoms with E-state index < -0.39 is 0 Å². The number of fused-ring (bicyclic) bond motifs is 3. The SMILES string of the molecule is COC1CC2COc3c(Sc4cnc(N5CCC6(CC5)COC(C)C6N)c(CO)n4)ccnc3N2C1. The molecular formula is C25H34N6O4S. The monoisotopic (exact) mass is 514 g/mol. The summed E-state index contributed by atoms with van der Waals surface area (Å²) in [5.41, 5.74) is 7.10. The molecule has 0 radical (unpaired) electrons. The molecule has 1 spiro atoms. The fourth-order valence-electron chi connectivity index (χ4n) is 6.05. The molecule has 6 rings (SSSR count). The van der Waals surface area contributed by atoms with Crippen LogP contribution in [0.3, 0.4) is 0 Å². The van der Waals surface area contributed by atoms with E-state index in [9.17, 15) is 5.11 Å². The van der Waals surface area contributed by atoms with Crippen molar-refractivity contribution in [2.75, 3.05) is 49.8 Å². The van der Waals surface area contributed by atoms with E-state index in [4.69, 9.17) is 29.9 Å². The van der Waals surface area contributed by atoms with E-state index in [-0.39, 0.29) is 36.3 Å². The molecule has 2 aromatic heterocycles. The van der Waals surface area contributed by atoms with Gasteiger partial charge in [-0.25, -0.2) is 15.0 Å². The lowest BCUT2D eigenvalue weighted by Crippen LogP contribution is -2.51. The van der Waals surface area contributed by atoms with Crippen LogP contribution in [-0.4, -0.2) is 84.3 Å². The maximum atomic E-state index is 10.1. The molecule has 0 saturated carbocycles. The summed E-state index contributed by atoms with van der Waals surface area (Å²) in [5.74, 6) is 2.38. The van der Waals surface area contributed by atoms with Gasteiger partial charge in [-0.2, -0.15) is 0 Å². The molecule has 0 aromatic carbocycles. The van der Waals surface area contributed by atoms with Crippen molar-refractivity contribution >= 4 is 23.4 Å². The van der Waals surface area contributed by atoms with Gasteiger partial charge in [-0.15, -0.1) is 0 Å². The lowest BCUT2D eigenvalue weighted by atomic mass is 9.73. The number of aromatic nitrogens is 3. The number of aliphatic hydroxyl groups is 1. The third-order valence-corrected chi connectivity index (χ3v) is 9.27. The molecule has 6 heterocycles. The highest BCUT2D eigenvalue weighted by Crippen LogP contribution is 2.45. The molecule has 194 valence electrons. The summed E-state index contributed by atoms with van der Waals surface area (Å²) in [7, 11) is 1.76. The van der Waals surface area contributed by atoms with E-state index in [1.807, 2.05) is 12.3 Å². The number of nitrogens with zero attached hydrogens (tertiary/aromatic N) is 5. The third-order valence-electron chi connectivity index (χ3n) is 8.32. The Balaban J connectivity index is 1.19. The second-order valence-corrected chi connectivity index (χ2v) is 11.4. The average molecular weight is 515 g/mol. The maximum absolute atomic E-state index is 10.1. The van der Waals surface area contributed by atoms with Crippen LogP contribution in [0.4, 0.5) is 11.6 Å². The second-order valence-electron chi connectivity index (χ2n) is 10.3. The highest BCUT2D eigenvalue weighted by molar-refractivity contribution is 7.99. The fraction of sp³-hybridized carbons (Fsp3) is 0.640. The minimum atomic E-state index is -0.170. The molecule has 11 heteroatoms. The summed E-state index contributed by atoms with van der Waals surface area (Å²) < 4.78 is 17.6. The first-order chi connectivity index (χ1) is 17.5. The van der Waals surface area contributed by atoms with Crippen LogP contribution < -0.4 is 20.3 Å². The van der Waals surface area contributed by atoms with E-state index >= 15 is 0 Å². The summed E-state index contributed by atoms with van der Waals surface area (Å²) in [6.45, 7) is 5.68. The number of methoxy groups -OCH3 is 1. The fourth-order valence-corrected chi connectivity index (χ4v) is 6.91. The maximum Gasteiger partial charge on any atom is 0.175 e. The van der Waals surface area contributed by atoms with Gasteiger partial charge in [-0.1, -0.05) is 11.8 Å². The Hall–Kier alpha value is -2.18. The molecule has 4 unspecified atom stereocenters. The van der Waals surface area contributed by atoms with Gasteiger partial charge in [0.15, 0.2) is 17.4 Å². The van der Waals surface area contributed by atoms with Gasteiger partial charge in [-0.05, 0) is 32.3 Å². The van der Waals surface area contributed by atoms with Crippen LogP contribution in [0.5, 0.6) is 5.75 Å². The first-order valence-electron chi connectivity index (χ1n) is 12.7. The molecule has 4 atom stereocenters. The molecule has 10 nitrogen and oxygen atoms in total. The van der Waals surface area contributed by atoms with Crippen LogP contribution in [-0.2, 0) is 16.1 Å². The zero-order valence-electron chi connectivity index (χ0n) is 20.8. The number of aliphatic hydroxyl groups excluding tert-OH is 1. The van der Waals surface area contributed by atoms with Crippen LogP contribution in [0.25, 0.3) is 0 Å². The van der Waals surface area contributed by atoms with Gasteiger partial charge in [0.25, 0.3) is 0 Å². The minimum absolute atomic E-state index is 0.0383. The van der Waals surface area contributed by atoms with Crippen LogP contribution in [0.15, 0.2) is 28.4 Å². The predicted molar refractivity (Wildman–Crippen MR) is 136 cm³/mol. The first kappa shape index (κ1) is 24.2. The van der Waals surface area contributed by atoms with Gasteiger partial charge in [0.05, 0.1) is 42.6 Å². The largest absolute Gasteiger partial charge is 0.486 e. The van der Waals surface area contributed by atoms with Gasteiger partial charge in [0, 0.05) is 44.4 Å². The Morgan fingerprint density at radius 3 is 2.83 bits per heavy atom. The number of hydrogen-bond acceptors (Lipinski definition) is 11. The smallest absolute Gasteiger partial charge is 0.175 e. The van der Waals surface area contributed by atoms with E-state index in [1.54, 1.807) is 13.3 Å². The van der Waals surface area contributed by atoms with Crippen molar-refractivity contribution in [3.8, 4) is 5.75 Å². The Bertz CT molecular complexity index is 1110. The molecule has 0 amide bonds. The van der Waals surface area contributed by atoms with Crippen LogP contribution >= 0.6 is 11.8 Å². The second kappa shape index (κ2) is 9.60. The van der Waals surface area contributed by atoms with Crippen molar-refractivity contribution in [1.29, 1.82) is 0 Å². The quantitative estimate of drug-likeness (QED) is 0.608. The molecule has 4 aliphatic rings. The molecule has 3 fully saturated rings. The van der Waals surface area contributed by atoms with E-state index in [0.29, 0.717) is 17.3 Å². The molecule has 3 N–H and O–H groups in total. The molecule has 36 heavy (non-hydrogen) atoms. The van der Waals surface area contributed by atoms with E-state index in [1.165, 1.54) is 11.8 Å². The first-order valence-corrected chi connectivity index (χ1v) is 13.5. The van der Waals surface area contributed by atoms with Crippen molar-refractivity contribution < 1.29 is 19.3 Å². The molecule has 4 aliphatic heterocycles. The summed E-state index contributed by atoms with van der Waals surface area (Å²) in [6, 6.07) is 2.29. The molecular weight excluding hydrogens is 480 g/mol. The van der Waals surface area contributed by atoms with Crippen molar-refractivity contribution in [1.82, 2.24) is 15.0 Å². The van der Waals surface area contributed by atoms with Crippen LogP contribution in [0.1, 0.15) is 31.9 Å². The zero-order valence-corrected chi connectivity index (χ0v) is 21.6. The van der Waals surface area contributed by atoms with Crippen molar-refractivity contribution in [2.24, 2.45) is 11.1 Å². The number of nitrogens with two attached hydrogens (primary N) is 1. The summed E-state index contributed by atoms with van der Waals surface area (Å²) >= 11 is 1.48. The predicted octanol–water partition coefficient (Wildman–Crippen LogP) is 1.83. The molecule has 0 aliphatic carbocycles. The van der Waals surface area contributed by atoms with Crippen LogP contribution in [0.2, 0.25) is 0 Å². The standard InChI is InChI=1S/C25H34N6O4S/c1-15-22(26)25(14-35-15)4-7-30(8-5-25)23-18(12-32)29-20(10-28-23)36-19-3-6-27-24-21(19)34-13-16-9-17(33-2)11-31(16)24/h3,6,10,15-17,22,32H,4-5,7-9,11-14,26H2,1-2H3. The van der Waals surface area contributed by atoms with Gasteiger partial charge < -0.3 is 34.9 Å². The number of hydrogen-bond donors (Lipinski definition) is 2. The zero-order chi connectivity index (χ0) is 24.9. The van der Waals surface area contributed by atoms with Gasteiger partial charge in [0.2, 0.25) is 0 Å². The average Bonchev–Trinajstić information content (AvgIpc) is 3.46. The topological polar surface area (TPSA) is 119 Å². The van der Waals surface area contributed by atoms with Gasteiger partial charge >= 0.3 is 0 Å². The van der Waals surface area contributed by atoms with E-state index in [0.717, 1.165) is 67.8 Å². The highest BCUT2D eigenvalue weighted by Gasteiger charge is 2.48. The minimum Gasteiger partial charge on any atom is -0.486 e. The summed E-state index contributed by atoms with van der Waals surface area (Å²) in [5, 5.41) is 10.8. The third kappa shape index (κ3) is 4.10. The molecule has 3 saturated heterocycles. The lowest BCUT2D eigenvalue weighted by molar-refractivity contribution is 0.0973. The van der Waals surface area contributed by atoms with Crippen LogP contribution in [0, 0.1) is 5.41 Å². The molecule has 0 bridgehead atoms. The number of piperidine rings is 1. The Morgan fingerprint density at radius 2 is 2.11 bits per heavy atom. The Kier molecular flexibility index (Phi) is 6.45. The summed E-state index contributed by atoms with van der Waals surface area (Å²) in [4.78, 5) is 19.6. The summed E-state index contributed by atoms with van der Waals surface area (Å²) in [6.07, 6.45) is 6.72. The van der Waals surface area contributed by atoms with Crippen molar-refractivity contribution in [2.45, 2.75) is 67.0 Å².